The summed E-state index contributed by atoms with van der Waals surface area (Å²) in [6.45, 7) is 7.54. The number of H-pyrrole nitrogens is 1. The summed E-state index contributed by atoms with van der Waals surface area (Å²) < 4.78 is 56.4. The van der Waals surface area contributed by atoms with Crippen LogP contribution in [0.4, 0.5) is 17.6 Å². The van der Waals surface area contributed by atoms with Crippen molar-refractivity contribution in [1.29, 1.82) is 0 Å². The highest BCUT2D eigenvalue weighted by molar-refractivity contribution is 5.99. The lowest BCUT2D eigenvalue weighted by Crippen LogP contribution is -2.60. The molecule has 0 aliphatic heterocycles. The van der Waals surface area contributed by atoms with Gasteiger partial charge in [-0.25, -0.2) is 4.39 Å². The van der Waals surface area contributed by atoms with Gasteiger partial charge in [-0.05, 0) is 54.4 Å². The van der Waals surface area contributed by atoms with Crippen LogP contribution in [0.3, 0.4) is 0 Å². The number of alkyl halides is 3. The van der Waals surface area contributed by atoms with Crippen LogP contribution in [0, 0.1) is 29.5 Å². The van der Waals surface area contributed by atoms with Gasteiger partial charge in [0, 0.05) is 61.8 Å². The SMILES string of the molecule is CCC(C)[C@H](CC(=O)[C@@]1(NC(=O)[C@@H](CC(=O)Cc2ccccc2F)C(C)CC)CCc2[nH]c3c(C(F)(F)F)cccc3c2C1)C(=O)NCCCO. The van der Waals surface area contributed by atoms with Gasteiger partial charge in [-0.15, -0.1) is 0 Å². The summed E-state index contributed by atoms with van der Waals surface area (Å²) in [5.74, 6) is -4.35. The zero-order valence-electron chi connectivity index (χ0n) is 29.7. The van der Waals surface area contributed by atoms with Crippen molar-refractivity contribution in [3.8, 4) is 0 Å². The molecule has 8 nitrogen and oxygen atoms in total. The van der Waals surface area contributed by atoms with Crippen LogP contribution in [0.15, 0.2) is 42.5 Å². The van der Waals surface area contributed by atoms with Crippen LogP contribution in [-0.4, -0.2) is 52.2 Å². The van der Waals surface area contributed by atoms with Crippen LogP contribution in [0.1, 0.15) is 88.6 Å². The van der Waals surface area contributed by atoms with Crippen LogP contribution in [0.25, 0.3) is 10.9 Å². The quantitative estimate of drug-likeness (QED) is 0.0919. The van der Waals surface area contributed by atoms with Crippen LogP contribution >= 0.6 is 0 Å². The topological polar surface area (TPSA) is 128 Å². The molecule has 3 aromatic rings. The number of aryl methyl sites for hydroxylation is 1. The number of fused-ring (bicyclic) bond motifs is 3. The van der Waals surface area contributed by atoms with Gasteiger partial charge in [-0.2, -0.15) is 13.2 Å². The van der Waals surface area contributed by atoms with E-state index in [0.29, 0.717) is 35.9 Å². The molecule has 1 heterocycles. The Kier molecular flexibility index (Phi) is 13.2. The van der Waals surface area contributed by atoms with E-state index in [0.717, 1.165) is 6.07 Å². The zero-order valence-corrected chi connectivity index (χ0v) is 29.7. The van der Waals surface area contributed by atoms with Gasteiger partial charge in [0.05, 0.1) is 11.1 Å². The average Bonchev–Trinajstić information content (AvgIpc) is 3.47. The molecule has 0 spiro atoms. The molecular weight excluding hydrogens is 666 g/mol. The Morgan fingerprint density at radius 1 is 0.941 bits per heavy atom. The van der Waals surface area contributed by atoms with E-state index in [4.69, 9.17) is 0 Å². The molecule has 2 aromatic carbocycles. The largest absolute Gasteiger partial charge is 0.418 e. The van der Waals surface area contributed by atoms with Gasteiger partial charge >= 0.3 is 6.18 Å². The van der Waals surface area contributed by atoms with E-state index in [9.17, 15) is 41.8 Å². The second-order valence-electron chi connectivity index (χ2n) is 14.0. The minimum absolute atomic E-state index is 0.0640. The van der Waals surface area contributed by atoms with Gasteiger partial charge < -0.3 is 20.7 Å². The fraction of sp³-hybridized carbons (Fsp3) is 0.538. The maximum Gasteiger partial charge on any atom is 0.418 e. The summed E-state index contributed by atoms with van der Waals surface area (Å²) in [7, 11) is 0. The first kappa shape index (κ1) is 39.7. The van der Waals surface area contributed by atoms with Crippen molar-refractivity contribution in [2.24, 2.45) is 23.7 Å². The Morgan fingerprint density at radius 3 is 2.24 bits per heavy atom. The Balaban J connectivity index is 1.73. The van der Waals surface area contributed by atoms with Crippen LogP contribution in [-0.2, 0) is 44.6 Å². The third-order valence-corrected chi connectivity index (χ3v) is 10.7. The second kappa shape index (κ2) is 17.0. The standard InChI is InChI=1S/C39H49F4N3O5/c1-5-23(3)28(20-26(48)19-25-11-7-8-14-32(25)40)37(51)46-38(34(49)21-29(24(4)6-2)36(50)44-17-10-18-47)16-15-33-30(22-38)27-12-9-13-31(35(27)45-33)39(41,42)43/h7-9,11-14,23-24,28-29,45,47H,5-6,10,15-22H2,1-4H3,(H,44,50)(H,46,51)/t23?,24?,28-,29-,38+/m0/s1. The average molecular weight is 716 g/mol. The molecule has 51 heavy (non-hydrogen) atoms. The third kappa shape index (κ3) is 9.25. The van der Waals surface area contributed by atoms with E-state index >= 15 is 0 Å². The fourth-order valence-electron chi connectivity index (χ4n) is 7.11. The van der Waals surface area contributed by atoms with Crippen molar-refractivity contribution in [1.82, 2.24) is 15.6 Å². The predicted octanol–water partition coefficient (Wildman–Crippen LogP) is 6.65. The smallest absolute Gasteiger partial charge is 0.396 e. The Labute approximate surface area is 296 Å². The summed E-state index contributed by atoms with van der Waals surface area (Å²) in [6.07, 6.45) is -3.70. The van der Waals surface area contributed by atoms with E-state index in [2.05, 4.69) is 15.6 Å². The summed E-state index contributed by atoms with van der Waals surface area (Å²) in [4.78, 5) is 58.5. The van der Waals surface area contributed by atoms with Crippen molar-refractivity contribution < 1.29 is 41.8 Å². The number of nitrogens with one attached hydrogen (secondary N) is 3. The number of hydrogen-bond donors (Lipinski definition) is 4. The van der Waals surface area contributed by atoms with Gasteiger partial charge in [-0.3, -0.25) is 19.2 Å². The number of halogens is 4. The number of aromatic amines is 1. The van der Waals surface area contributed by atoms with Gasteiger partial charge in [0.25, 0.3) is 0 Å². The maximum atomic E-state index is 14.6. The molecule has 4 N–H and O–H groups in total. The molecule has 0 bridgehead atoms. The van der Waals surface area contributed by atoms with E-state index in [1.165, 1.54) is 24.3 Å². The fourth-order valence-corrected chi connectivity index (χ4v) is 7.11. The number of Topliss-reactive ketones (excluding diaryl/α,β-unsaturated/α-hetero) is 2. The van der Waals surface area contributed by atoms with Crippen LogP contribution < -0.4 is 10.6 Å². The number of carbonyl (C=O) groups is 4. The molecule has 278 valence electrons. The lowest BCUT2D eigenvalue weighted by atomic mass is 9.72. The van der Waals surface area contributed by atoms with Gasteiger partial charge in [-0.1, -0.05) is 70.9 Å². The second-order valence-corrected chi connectivity index (χ2v) is 14.0. The lowest BCUT2D eigenvalue weighted by molar-refractivity contribution is -0.139. The van der Waals surface area contributed by atoms with E-state index in [1.54, 1.807) is 12.1 Å². The van der Waals surface area contributed by atoms with Crippen molar-refractivity contribution in [3.05, 3.63) is 70.7 Å². The van der Waals surface area contributed by atoms with Gasteiger partial charge in [0.1, 0.15) is 17.1 Å². The molecule has 0 fully saturated rings. The first-order chi connectivity index (χ1) is 24.1. The molecular formula is C39H49F4N3O5. The van der Waals surface area contributed by atoms with Crippen molar-refractivity contribution in [2.45, 2.75) is 97.2 Å². The van der Waals surface area contributed by atoms with Gasteiger partial charge in [0.15, 0.2) is 5.78 Å². The lowest BCUT2D eigenvalue weighted by Gasteiger charge is -2.39. The summed E-state index contributed by atoms with van der Waals surface area (Å²) in [5.41, 5.74) is -1.27. The molecule has 2 amide bonds. The number of amides is 2. The third-order valence-electron chi connectivity index (χ3n) is 10.7. The normalized spacial score (nSPS) is 18.4. The number of hydrogen-bond acceptors (Lipinski definition) is 5. The van der Waals surface area contributed by atoms with E-state index in [1.807, 2.05) is 27.7 Å². The Morgan fingerprint density at radius 2 is 1.61 bits per heavy atom. The molecule has 0 saturated heterocycles. The van der Waals surface area contributed by atoms with E-state index < -0.39 is 46.6 Å². The minimum atomic E-state index is -4.63. The molecule has 2 unspecified atom stereocenters. The number of aliphatic hydroxyl groups excluding tert-OH is 1. The molecule has 0 saturated carbocycles. The molecule has 1 aromatic heterocycles. The van der Waals surface area contributed by atoms with Gasteiger partial charge in [0.2, 0.25) is 11.8 Å². The summed E-state index contributed by atoms with van der Waals surface area (Å²) in [6, 6.07) is 9.78. The maximum absolute atomic E-state index is 14.6. The first-order valence-electron chi connectivity index (χ1n) is 17.8. The monoisotopic (exact) mass is 715 g/mol. The highest BCUT2D eigenvalue weighted by atomic mass is 19.4. The molecule has 0 radical (unpaired) electrons. The Hall–Kier alpha value is -4.06. The molecule has 5 atom stereocenters. The number of carbonyl (C=O) groups excluding carboxylic acids is 4. The number of rotatable bonds is 17. The summed E-state index contributed by atoms with van der Waals surface area (Å²) >= 11 is 0. The first-order valence-corrected chi connectivity index (χ1v) is 17.8. The number of benzene rings is 2. The molecule has 1 aliphatic carbocycles. The predicted molar refractivity (Wildman–Crippen MR) is 186 cm³/mol. The highest BCUT2D eigenvalue weighted by Crippen LogP contribution is 2.41. The molecule has 4 rings (SSSR count). The van der Waals surface area contributed by atoms with Crippen molar-refractivity contribution >= 4 is 34.3 Å². The summed E-state index contributed by atoms with van der Waals surface area (Å²) in [5, 5.41) is 15.3. The number of aromatic nitrogens is 1. The molecule has 12 heteroatoms. The van der Waals surface area contributed by atoms with E-state index in [-0.39, 0.29) is 86.3 Å². The molecule has 1 aliphatic rings. The minimum Gasteiger partial charge on any atom is -0.396 e. The number of para-hydroxylation sites is 1. The Bertz CT molecular complexity index is 1720. The van der Waals surface area contributed by atoms with Crippen LogP contribution in [0.2, 0.25) is 0 Å². The number of ketones is 2. The zero-order chi connectivity index (χ0) is 37.5. The van der Waals surface area contributed by atoms with Crippen molar-refractivity contribution in [3.63, 3.8) is 0 Å². The van der Waals surface area contributed by atoms with Crippen molar-refractivity contribution in [2.75, 3.05) is 13.2 Å². The highest BCUT2D eigenvalue weighted by Gasteiger charge is 2.47. The number of aliphatic hydroxyl groups is 1. The van der Waals surface area contributed by atoms with Crippen LogP contribution in [0.5, 0.6) is 0 Å².